The molecular weight excluding hydrogens is 286 g/mol. The Morgan fingerprint density at radius 2 is 1.95 bits per heavy atom. The zero-order chi connectivity index (χ0) is 14.7. The first kappa shape index (κ1) is 14.0. The maximum Gasteiger partial charge on any atom is 0.160 e. The zero-order valence-corrected chi connectivity index (χ0v) is 12.3. The third-order valence-corrected chi connectivity index (χ3v) is 3.64. The van der Waals surface area contributed by atoms with Gasteiger partial charge in [0, 0.05) is 19.2 Å². The number of rotatable bonds is 5. The van der Waals surface area contributed by atoms with E-state index in [1.807, 2.05) is 28.8 Å². The average molecular weight is 302 g/mol. The van der Waals surface area contributed by atoms with E-state index in [0.717, 1.165) is 29.8 Å². The molecule has 4 nitrogen and oxygen atoms in total. The van der Waals surface area contributed by atoms with Crippen LogP contribution in [0.2, 0.25) is 5.02 Å². The summed E-state index contributed by atoms with van der Waals surface area (Å²) in [7, 11) is 0. The van der Waals surface area contributed by atoms with Crippen molar-refractivity contribution in [1.29, 1.82) is 0 Å². The van der Waals surface area contributed by atoms with Crippen LogP contribution < -0.4 is 0 Å². The highest BCUT2D eigenvalue weighted by Crippen LogP contribution is 2.19. The fraction of sp³-hybridized carbons (Fsp3) is 0.250. The number of nitrogens with zero attached hydrogens (tertiary/aromatic N) is 3. The average Bonchev–Trinajstić information content (AvgIpc) is 2.84. The van der Waals surface area contributed by atoms with E-state index < -0.39 is 0 Å². The maximum absolute atomic E-state index is 9.26. The number of fused-ring (bicyclic) bond motifs is 1. The van der Waals surface area contributed by atoms with Gasteiger partial charge in [-0.1, -0.05) is 41.9 Å². The first-order valence-corrected chi connectivity index (χ1v) is 7.31. The molecule has 0 aliphatic rings. The van der Waals surface area contributed by atoms with E-state index in [4.69, 9.17) is 11.6 Å². The van der Waals surface area contributed by atoms with Crippen LogP contribution in [-0.4, -0.2) is 26.2 Å². The van der Waals surface area contributed by atoms with Gasteiger partial charge in [-0.25, -0.2) is 9.97 Å². The van der Waals surface area contributed by atoms with E-state index in [9.17, 15) is 5.11 Å². The molecule has 0 amide bonds. The number of halogens is 1. The van der Waals surface area contributed by atoms with Gasteiger partial charge in [-0.2, -0.15) is 0 Å². The van der Waals surface area contributed by atoms with Crippen molar-refractivity contribution >= 4 is 22.8 Å². The number of hydrogen-bond donors (Lipinski definition) is 1. The quantitative estimate of drug-likeness (QED) is 0.788. The van der Waals surface area contributed by atoms with Crippen molar-refractivity contribution in [3.8, 4) is 0 Å². The summed E-state index contributed by atoms with van der Waals surface area (Å²) in [6.45, 7) is 0.559. The molecule has 108 valence electrons. The highest BCUT2D eigenvalue weighted by Gasteiger charge is 2.12. The van der Waals surface area contributed by atoms with Crippen LogP contribution in [0.15, 0.2) is 42.6 Å². The molecule has 0 unspecified atom stereocenters. The fourth-order valence-corrected chi connectivity index (χ4v) is 2.61. The van der Waals surface area contributed by atoms with Crippen LogP contribution in [0.3, 0.4) is 0 Å². The Labute approximate surface area is 128 Å². The van der Waals surface area contributed by atoms with Gasteiger partial charge in [-0.3, -0.25) is 0 Å². The van der Waals surface area contributed by atoms with E-state index in [2.05, 4.69) is 22.1 Å². The molecule has 2 aromatic heterocycles. The van der Waals surface area contributed by atoms with Gasteiger partial charge in [0.05, 0.1) is 11.6 Å². The minimum atomic E-state index is 0.0636. The minimum Gasteiger partial charge on any atom is -0.395 e. The Balaban J connectivity index is 1.91. The van der Waals surface area contributed by atoms with Crippen LogP contribution in [0.25, 0.3) is 11.2 Å². The molecule has 0 radical (unpaired) electrons. The second-order valence-corrected chi connectivity index (χ2v) is 5.32. The van der Waals surface area contributed by atoms with E-state index in [1.54, 1.807) is 6.20 Å². The largest absolute Gasteiger partial charge is 0.395 e. The molecule has 0 bridgehead atoms. The monoisotopic (exact) mass is 301 g/mol. The molecule has 0 fully saturated rings. The summed E-state index contributed by atoms with van der Waals surface area (Å²) in [5.74, 6) is 0.928. The number of benzene rings is 1. The zero-order valence-electron chi connectivity index (χ0n) is 11.5. The van der Waals surface area contributed by atoms with Gasteiger partial charge in [0.15, 0.2) is 5.65 Å². The standard InChI is InChI=1S/C16H16ClN3O/c17-13-10-14-16(18-11-13)20(8-9-21)15(19-14)7-6-12-4-2-1-3-5-12/h1-5,10-11,21H,6-9H2. The van der Waals surface area contributed by atoms with Gasteiger partial charge in [0.2, 0.25) is 0 Å². The van der Waals surface area contributed by atoms with Gasteiger partial charge in [0.25, 0.3) is 0 Å². The third kappa shape index (κ3) is 3.06. The van der Waals surface area contributed by atoms with E-state index in [0.29, 0.717) is 11.6 Å². The Hall–Kier alpha value is -1.91. The van der Waals surface area contributed by atoms with Gasteiger partial charge >= 0.3 is 0 Å². The second kappa shape index (κ2) is 6.24. The van der Waals surface area contributed by atoms with E-state index >= 15 is 0 Å². The molecule has 0 aliphatic carbocycles. The Bertz CT molecular complexity index is 740. The van der Waals surface area contributed by atoms with E-state index in [-0.39, 0.29) is 6.61 Å². The van der Waals surface area contributed by atoms with Crippen LogP contribution in [0, 0.1) is 0 Å². The van der Waals surface area contributed by atoms with Crippen molar-refractivity contribution in [2.75, 3.05) is 6.61 Å². The summed E-state index contributed by atoms with van der Waals surface area (Å²) in [4.78, 5) is 8.94. The van der Waals surface area contributed by atoms with Gasteiger partial charge in [-0.05, 0) is 18.1 Å². The Morgan fingerprint density at radius 3 is 2.71 bits per heavy atom. The summed E-state index contributed by atoms with van der Waals surface area (Å²) in [5, 5.41) is 9.83. The molecule has 21 heavy (non-hydrogen) atoms. The van der Waals surface area contributed by atoms with Gasteiger partial charge in [0.1, 0.15) is 11.3 Å². The highest BCUT2D eigenvalue weighted by atomic mass is 35.5. The topological polar surface area (TPSA) is 50.9 Å². The first-order valence-electron chi connectivity index (χ1n) is 6.93. The number of imidazole rings is 1. The molecule has 2 heterocycles. The van der Waals surface area contributed by atoms with Crippen LogP contribution in [0.4, 0.5) is 0 Å². The molecule has 0 saturated carbocycles. The lowest BCUT2D eigenvalue weighted by Gasteiger charge is -2.06. The van der Waals surface area contributed by atoms with Crippen molar-refractivity contribution in [1.82, 2.24) is 14.5 Å². The maximum atomic E-state index is 9.26. The number of aliphatic hydroxyl groups excluding tert-OH is 1. The molecular formula is C16H16ClN3O. The SMILES string of the molecule is OCCn1c(CCc2ccccc2)nc2cc(Cl)cnc21. The van der Waals surface area contributed by atoms with Crippen molar-refractivity contribution in [3.63, 3.8) is 0 Å². The lowest BCUT2D eigenvalue weighted by atomic mass is 10.1. The Morgan fingerprint density at radius 1 is 1.14 bits per heavy atom. The molecule has 3 aromatic rings. The van der Waals surface area contributed by atoms with Crippen molar-refractivity contribution in [2.45, 2.75) is 19.4 Å². The number of aliphatic hydroxyl groups is 1. The fourth-order valence-electron chi connectivity index (χ4n) is 2.46. The lowest BCUT2D eigenvalue weighted by Crippen LogP contribution is -2.08. The number of aromatic nitrogens is 3. The lowest BCUT2D eigenvalue weighted by molar-refractivity contribution is 0.275. The molecule has 0 aliphatic heterocycles. The number of aryl methyl sites for hydroxylation is 2. The normalized spacial score (nSPS) is 11.1. The highest BCUT2D eigenvalue weighted by molar-refractivity contribution is 6.31. The molecule has 0 atom stereocenters. The molecule has 0 saturated heterocycles. The van der Waals surface area contributed by atoms with E-state index in [1.165, 1.54) is 5.56 Å². The second-order valence-electron chi connectivity index (χ2n) is 4.89. The van der Waals surface area contributed by atoms with Crippen LogP contribution in [0.5, 0.6) is 0 Å². The van der Waals surface area contributed by atoms with Crippen LogP contribution >= 0.6 is 11.6 Å². The minimum absolute atomic E-state index is 0.0636. The van der Waals surface area contributed by atoms with Gasteiger partial charge in [-0.15, -0.1) is 0 Å². The Kier molecular flexibility index (Phi) is 4.18. The van der Waals surface area contributed by atoms with Crippen molar-refractivity contribution in [3.05, 3.63) is 59.0 Å². The van der Waals surface area contributed by atoms with Gasteiger partial charge < -0.3 is 9.67 Å². The predicted octanol–water partition coefficient (Wildman–Crippen LogP) is 2.86. The molecule has 1 aromatic carbocycles. The van der Waals surface area contributed by atoms with Crippen molar-refractivity contribution < 1.29 is 5.11 Å². The summed E-state index contributed by atoms with van der Waals surface area (Å²) < 4.78 is 1.97. The summed E-state index contributed by atoms with van der Waals surface area (Å²) in [6.07, 6.45) is 3.32. The summed E-state index contributed by atoms with van der Waals surface area (Å²) in [5.41, 5.74) is 2.82. The predicted molar refractivity (Wildman–Crippen MR) is 83.5 cm³/mol. The van der Waals surface area contributed by atoms with Crippen LogP contribution in [-0.2, 0) is 19.4 Å². The molecule has 0 spiro atoms. The number of hydrogen-bond acceptors (Lipinski definition) is 3. The summed E-state index contributed by atoms with van der Waals surface area (Å²) in [6, 6.07) is 12.1. The molecule has 5 heteroatoms. The van der Waals surface area contributed by atoms with Crippen molar-refractivity contribution in [2.24, 2.45) is 0 Å². The van der Waals surface area contributed by atoms with Crippen LogP contribution in [0.1, 0.15) is 11.4 Å². The first-order chi connectivity index (χ1) is 10.3. The smallest absolute Gasteiger partial charge is 0.160 e. The summed E-state index contributed by atoms with van der Waals surface area (Å²) >= 11 is 5.97. The number of pyridine rings is 1. The molecule has 3 rings (SSSR count). The third-order valence-electron chi connectivity index (χ3n) is 3.43. The molecule has 1 N–H and O–H groups in total.